The van der Waals surface area contributed by atoms with Crippen LogP contribution < -0.4 is 5.73 Å². The van der Waals surface area contributed by atoms with Gasteiger partial charge in [0.15, 0.2) is 0 Å². The van der Waals surface area contributed by atoms with Crippen molar-refractivity contribution in [3.8, 4) is 0 Å². The van der Waals surface area contributed by atoms with Gasteiger partial charge in [-0.2, -0.15) is 0 Å². The third kappa shape index (κ3) is 4.40. The first-order valence-electron chi connectivity index (χ1n) is 8.80. The van der Waals surface area contributed by atoms with Crippen LogP contribution in [0.1, 0.15) is 52.9 Å². The highest BCUT2D eigenvalue weighted by Gasteiger charge is 2.32. The zero-order valence-electron chi connectivity index (χ0n) is 14.1. The first kappa shape index (κ1) is 17.2. The van der Waals surface area contributed by atoms with Gasteiger partial charge >= 0.3 is 0 Å². The van der Waals surface area contributed by atoms with Gasteiger partial charge in [0, 0.05) is 32.2 Å². The van der Waals surface area contributed by atoms with E-state index in [2.05, 4.69) is 30.6 Å². The molecule has 3 nitrogen and oxygen atoms in total. The van der Waals surface area contributed by atoms with E-state index in [0.29, 0.717) is 11.0 Å². The molecular formula is C17H33N3S. The molecule has 4 heteroatoms. The van der Waals surface area contributed by atoms with Crippen LogP contribution in [0.2, 0.25) is 0 Å². The quantitative estimate of drug-likeness (QED) is 0.791. The minimum absolute atomic E-state index is 0.317. The Morgan fingerprint density at radius 1 is 1.14 bits per heavy atom. The largest absolute Gasteiger partial charge is 0.392 e. The van der Waals surface area contributed by atoms with Crippen molar-refractivity contribution in [2.24, 2.45) is 17.6 Å². The molecule has 0 amide bonds. The van der Waals surface area contributed by atoms with Gasteiger partial charge in [0.1, 0.15) is 0 Å². The first-order chi connectivity index (χ1) is 10.0. The van der Waals surface area contributed by atoms with E-state index in [1.807, 2.05) is 0 Å². The van der Waals surface area contributed by atoms with Gasteiger partial charge in [-0.25, -0.2) is 0 Å². The summed E-state index contributed by atoms with van der Waals surface area (Å²) in [5.41, 5.74) is 5.94. The molecule has 2 N–H and O–H groups in total. The maximum atomic E-state index is 5.94. The lowest BCUT2D eigenvalue weighted by molar-refractivity contribution is 0.0493. The Morgan fingerprint density at radius 2 is 1.81 bits per heavy atom. The SMILES string of the molecule is CCCC(C(N)=S)N1CCN(C2CCC(C)C(C)C2)CC1. The topological polar surface area (TPSA) is 32.5 Å². The molecule has 2 rings (SSSR count). The second kappa shape index (κ2) is 7.89. The van der Waals surface area contributed by atoms with Gasteiger partial charge in [-0.15, -0.1) is 0 Å². The molecule has 1 aliphatic carbocycles. The van der Waals surface area contributed by atoms with Crippen LogP contribution in [0, 0.1) is 11.8 Å². The maximum Gasteiger partial charge on any atom is 0.0902 e. The Kier molecular flexibility index (Phi) is 6.45. The molecule has 2 aliphatic rings. The molecule has 0 aromatic rings. The number of rotatable bonds is 5. The van der Waals surface area contributed by atoms with Crippen molar-refractivity contribution in [1.29, 1.82) is 0 Å². The Balaban J connectivity index is 1.84. The van der Waals surface area contributed by atoms with Gasteiger partial charge in [-0.05, 0) is 37.5 Å². The Bertz CT molecular complexity index is 339. The fraction of sp³-hybridized carbons (Fsp3) is 0.941. The third-order valence-corrected chi connectivity index (χ3v) is 6.04. The Morgan fingerprint density at radius 3 is 2.33 bits per heavy atom. The van der Waals surface area contributed by atoms with Crippen LogP contribution in [0.5, 0.6) is 0 Å². The van der Waals surface area contributed by atoms with E-state index in [0.717, 1.165) is 43.8 Å². The lowest BCUT2D eigenvalue weighted by Gasteiger charge is -2.45. The minimum Gasteiger partial charge on any atom is -0.392 e. The smallest absolute Gasteiger partial charge is 0.0902 e. The number of thiocarbonyl (C=S) groups is 1. The van der Waals surface area contributed by atoms with E-state index >= 15 is 0 Å². The summed E-state index contributed by atoms with van der Waals surface area (Å²) in [6.07, 6.45) is 6.43. The third-order valence-electron chi connectivity index (χ3n) is 5.77. The van der Waals surface area contributed by atoms with Crippen molar-refractivity contribution >= 4 is 17.2 Å². The van der Waals surface area contributed by atoms with Crippen LogP contribution in [0.4, 0.5) is 0 Å². The lowest BCUT2D eigenvalue weighted by Crippen LogP contribution is -2.56. The van der Waals surface area contributed by atoms with E-state index in [1.165, 1.54) is 32.4 Å². The van der Waals surface area contributed by atoms with Crippen molar-refractivity contribution in [2.45, 2.75) is 65.0 Å². The molecule has 1 saturated heterocycles. The summed E-state index contributed by atoms with van der Waals surface area (Å²) in [5.74, 6) is 1.79. The van der Waals surface area contributed by atoms with E-state index in [9.17, 15) is 0 Å². The lowest BCUT2D eigenvalue weighted by atomic mass is 9.78. The monoisotopic (exact) mass is 311 g/mol. The van der Waals surface area contributed by atoms with Crippen LogP contribution in [0.25, 0.3) is 0 Å². The summed E-state index contributed by atoms with van der Waals surface area (Å²) in [5, 5.41) is 0. The van der Waals surface area contributed by atoms with Gasteiger partial charge in [-0.3, -0.25) is 9.80 Å². The summed E-state index contributed by atoms with van der Waals surface area (Å²) in [6, 6.07) is 1.13. The van der Waals surface area contributed by atoms with Crippen LogP contribution >= 0.6 is 12.2 Å². The predicted molar refractivity (Wildman–Crippen MR) is 94.6 cm³/mol. The summed E-state index contributed by atoms with van der Waals surface area (Å²) in [6.45, 7) is 11.7. The zero-order valence-corrected chi connectivity index (χ0v) is 14.9. The standard InChI is InChI=1S/C17H33N3S/c1-4-5-16(17(18)21)20-10-8-19(9-11-20)15-7-6-13(2)14(3)12-15/h13-16H,4-12H2,1-3H3,(H2,18,21). The fourth-order valence-electron chi connectivity index (χ4n) is 4.04. The highest BCUT2D eigenvalue weighted by atomic mass is 32.1. The number of hydrogen-bond donors (Lipinski definition) is 1. The van der Waals surface area contributed by atoms with Gasteiger partial charge in [0.05, 0.1) is 11.0 Å². The van der Waals surface area contributed by atoms with Gasteiger partial charge < -0.3 is 5.73 Å². The summed E-state index contributed by atoms with van der Waals surface area (Å²) < 4.78 is 0. The summed E-state index contributed by atoms with van der Waals surface area (Å²) in [4.78, 5) is 5.92. The molecule has 2 fully saturated rings. The average Bonchev–Trinajstić information content (AvgIpc) is 2.47. The van der Waals surface area contributed by atoms with Crippen molar-refractivity contribution in [3.05, 3.63) is 0 Å². The van der Waals surface area contributed by atoms with Crippen LogP contribution in [0.3, 0.4) is 0 Å². The number of hydrogen-bond acceptors (Lipinski definition) is 3. The van der Waals surface area contributed by atoms with Crippen LogP contribution in [-0.4, -0.2) is 53.1 Å². The first-order valence-corrected chi connectivity index (χ1v) is 9.21. The van der Waals surface area contributed by atoms with Gasteiger partial charge in [0.2, 0.25) is 0 Å². The molecule has 1 aliphatic heterocycles. The Hall–Kier alpha value is -0.190. The molecule has 21 heavy (non-hydrogen) atoms. The van der Waals surface area contributed by atoms with Crippen LogP contribution in [-0.2, 0) is 0 Å². The van der Waals surface area contributed by atoms with Crippen molar-refractivity contribution < 1.29 is 0 Å². The summed E-state index contributed by atoms with van der Waals surface area (Å²) in [7, 11) is 0. The maximum absolute atomic E-state index is 5.94. The van der Waals surface area contributed by atoms with Crippen molar-refractivity contribution in [2.75, 3.05) is 26.2 Å². The fourth-order valence-corrected chi connectivity index (χ4v) is 4.31. The molecule has 4 unspecified atom stereocenters. The van der Waals surface area contributed by atoms with Crippen molar-refractivity contribution in [3.63, 3.8) is 0 Å². The second-order valence-corrected chi connectivity index (χ2v) is 7.67. The number of piperazine rings is 1. The highest BCUT2D eigenvalue weighted by molar-refractivity contribution is 7.80. The minimum atomic E-state index is 0.317. The molecule has 1 heterocycles. The molecule has 0 spiro atoms. The number of nitrogens with zero attached hydrogens (tertiary/aromatic N) is 2. The molecule has 0 aromatic carbocycles. The van der Waals surface area contributed by atoms with Crippen molar-refractivity contribution in [1.82, 2.24) is 9.80 Å². The normalized spacial score (nSPS) is 33.8. The van der Waals surface area contributed by atoms with E-state index in [-0.39, 0.29) is 0 Å². The number of nitrogens with two attached hydrogens (primary N) is 1. The molecule has 0 bridgehead atoms. The predicted octanol–water partition coefficient (Wildman–Crippen LogP) is 2.88. The summed E-state index contributed by atoms with van der Waals surface area (Å²) >= 11 is 5.27. The molecule has 0 radical (unpaired) electrons. The highest BCUT2D eigenvalue weighted by Crippen LogP contribution is 2.32. The second-order valence-electron chi connectivity index (χ2n) is 7.20. The molecule has 4 atom stereocenters. The zero-order chi connectivity index (χ0) is 15.4. The van der Waals surface area contributed by atoms with Gasteiger partial charge in [0.25, 0.3) is 0 Å². The molecular weight excluding hydrogens is 278 g/mol. The molecule has 122 valence electrons. The molecule has 1 saturated carbocycles. The van der Waals surface area contributed by atoms with Gasteiger partial charge in [-0.1, -0.05) is 39.4 Å². The van der Waals surface area contributed by atoms with Crippen LogP contribution in [0.15, 0.2) is 0 Å². The van der Waals surface area contributed by atoms with E-state index in [4.69, 9.17) is 18.0 Å². The average molecular weight is 312 g/mol. The molecule has 0 aromatic heterocycles. The van der Waals surface area contributed by atoms with E-state index < -0.39 is 0 Å². The Labute approximate surface area is 136 Å². The van der Waals surface area contributed by atoms with E-state index in [1.54, 1.807) is 0 Å².